The van der Waals surface area contributed by atoms with Gasteiger partial charge in [-0.1, -0.05) is 24.6 Å². The molecule has 1 N–H and O–H groups in total. The van der Waals surface area contributed by atoms with Crippen LogP contribution in [-0.2, 0) is 4.79 Å². The smallest absolute Gasteiger partial charge is 0.244 e. The van der Waals surface area contributed by atoms with Gasteiger partial charge in [-0.25, -0.2) is 0 Å². The summed E-state index contributed by atoms with van der Waals surface area (Å²) in [7, 11) is 0. The van der Waals surface area contributed by atoms with Crippen LogP contribution in [0.4, 0.5) is 5.69 Å². The van der Waals surface area contributed by atoms with Gasteiger partial charge in [0.2, 0.25) is 5.91 Å². The van der Waals surface area contributed by atoms with E-state index in [-0.39, 0.29) is 11.9 Å². The second kappa shape index (κ2) is 6.01. The van der Waals surface area contributed by atoms with Crippen LogP contribution in [-0.4, -0.2) is 25.0 Å². The molecule has 0 aliphatic carbocycles. The summed E-state index contributed by atoms with van der Waals surface area (Å²) < 4.78 is 0. The lowest BCUT2D eigenvalue weighted by Crippen LogP contribution is -2.48. The first-order valence-electron chi connectivity index (χ1n) is 6.84. The topological polar surface area (TPSA) is 32.3 Å². The Balaban J connectivity index is 2.17. The zero-order chi connectivity index (χ0) is 13.0. The number of anilines is 1. The summed E-state index contributed by atoms with van der Waals surface area (Å²) in [5.41, 5.74) is 2.20. The van der Waals surface area contributed by atoms with Crippen molar-refractivity contribution in [2.45, 2.75) is 39.2 Å². The first kappa shape index (κ1) is 13.1. The highest BCUT2D eigenvalue weighted by molar-refractivity contribution is 5.97. The number of hydrogen-bond acceptors (Lipinski definition) is 2. The second-order valence-electron chi connectivity index (χ2n) is 4.87. The first-order chi connectivity index (χ1) is 8.74. The average molecular weight is 246 g/mol. The first-order valence-corrected chi connectivity index (χ1v) is 6.84. The fourth-order valence-corrected chi connectivity index (χ4v) is 2.56. The largest absolute Gasteiger partial charge is 0.311 e. The van der Waals surface area contributed by atoms with Crippen molar-refractivity contribution in [1.29, 1.82) is 0 Å². The van der Waals surface area contributed by atoms with Gasteiger partial charge in [-0.05, 0) is 44.9 Å². The predicted octanol–water partition coefficient (Wildman–Crippen LogP) is 2.49. The van der Waals surface area contributed by atoms with Crippen molar-refractivity contribution >= 4 is 11.6 Å². The Labute approximate surface area is 109 Å². The Hall–Kier alpha value is -1.35. The maximum Gasteiger partial charge on any atom is 0.244 e. The number of aryl methyl sites for hydroxylation is 1. The van der Waals surface area contributed by atoms with Crippen molar-refractivity contribution < 1.29 is 4.79 Å². The maximum absolute atomic E-state index is 12.5. The summed E-state index contributed by atoms with van der Waals surface area (Å²) in [6.07, 6.45) is 3.29. The van der Waals surface area contributed by atoms with E-state index < -0.39 is 0 Å². The third-order valence-electron chi connectivity index (χ3n) is 3.60. The summed E-state index contributed by atoms with van der Waals surface area (Å²) in [5.74, 6) is 0.214. The van der Waals surface area contributed by atoms with Crippen LogP contribution >= 0.6 is 0 Å². The van der Waals surface area contributed by atoms with Crippen LogP contribution in [0, 0.1) is 6.92 Å². The molecule has 1 saturated heterocycles. The number of piperidine rings is 1. The zero-order valence-corrected chi connectivity index (χ0v) is 11.3. The number of para-hydroxylation sites is 1. The quantitative estimate of drug-likeness (QED) is 0.888. The molecule has 0 bridgehead atoms. The number of carbonyl (C=O) groups is 1. The molecule has 3 heteroatoms. The van der Waals surface area contributed by atoms with Gasteiger partial charge in [0.15, 0.2) is 0 Å². The number of carbonyl (C=O) groups excluding carboxylic acids is 1. The van der Waals surface area contributed by atoms with Crippen molar-refractivity contribution in [1.82, 2.24) is 5.32 Å². The van der Waals surface area contributed by atoms with Crippen LogP contribution < -0.4 is 10.2 Å². The Morgan fingerprint density at radius 1 is 1.39 bits per heavy atom. The molecule has 1 aliphatic heterocycles. The van der Waals surface area contributed by atoms with Crippen LogP contribution in [0.15, 0.2) is 24.3 Å². The highest BCUT2D eigenvalue weighted by atomic mass is 16.2. The van der Waals surface area contributed by atoms with Gasteiger partial charge < -0.3 is 10.2 Å². The predicted molar refractivity (Wildman–Crippen MR) is 74.8 cm³/mol. The van der Waals surface area contributed by atoms with Crippen molar-refractivity contribution in [2.75, 3.05) is 18.0 Å². The summed E-state index contributed by atoms with van der Waals surface area (Å²) in [4.78, 5) is 14.4. The molecule has 1 aliphatic rings. The second-order valence-corrected chi connectivity index (χ2v) is 4.87. The van der Waals surface area contributed by atoms with Crippen LogP contribution in [0.2, 0.25) is 0 Å². The number of nitrogens with zero attached hydrogens (tertiary/aromatic N) is 1. The maximum atomic E-state index is 12.5. The molecule has 1 heterocycles. The Bertz CT molecular complexity index is 411. The molecule has 0 aromatic heterocycles. The fourth-order valence-electron chi connectivity index (χ4n) is 2.56. The summed E-state index contributed by atoms with van der Waals surface area (Å²) in [6.45, 7) is 5.77. The van der Waals surface area contributed by atoms with Crippen LogP contribution in [0.25, 0.3) is 0 Å². The normalized spacial score (nSPS) is 19.6. The minimum Gasteiger partial charge on any atom is -0.311 e. The minimum absolute atomic E-state index is 0.00157. The highest BCUT2D eigenvalue weighted by Crippen LogP contribution is 2.21. The summed E-state index contributed by atoms with van der Waals surface area (Å²) >= 11 is 0. The van der Waals surface area contributed by atoms with Gasteiger partial charge >= 0.3 is 0 Å². The molecular formula is C15H22N2O. The Morgan fingerprint density at radius 2 is 2.17 bits per heavy atom. The summed E-state index contributed by atoms with van der Waals surface area (Å²) in [6, 6.07) is 8.08. The van der Waals surface area contributed by atoms with E-state index in [0.29, 0.717) is 0 Å². The zero-order valence-electron chi connectivity index (χ0n) is 11.3. The SMILES string of the molecule is CCN(C(=O)[C@H]1CCCCN1)c1ccccc1C. The lowest BCUT2D eigenvalue weighted by molar-refractivity contribution is -0.121. The molecule has 0 saturated carbocycles. The van der Waals surface area contributed by atoms with Gasteiger partial charge in [0.1, 0.15) is 0 Å². The number of likely N-dealkylation sites (N-methyl/N-ethyl adjacent to an activating group) is 1. The molecule has 98 valence electrons. The summed E-state index contributed by atoms with van der Waals surface area (Å²) in [5, 5.41) is 3.33. The molecule has 0 spiro atoms. The van der Waals surface area contributed by atoms with Crippen LogP contribution in [0.1, 0.15) is 31.7 Å². The standard InChI is InChI=1S/C15H22N2O/c1-3-17(14-10-5-4-8-12(14)2)15(18)13-9-6-7-11-16-13/h4-5,8,10,13,16H,3,6-7,9,11H2,1-2H3/t13-/m1/s1. The Morgan fingerprint density at radius 3 is 2.78 bits per heavy atom. The van der Waals surface area contributed by atoms with Crippen molar-refractivity contribution in [3.8, 4) is 0 Å². The van der Waals surface area contributed by atoms with Crippen molar-refractivity contribution in [3.63, 3.8) is 0 Å². The molecule has 18 heavy (non-hydrogen) atoms. The third-order valence-corrected chi connectivity index (χ3v) is 3.60. The lowest BCUT2D eigenvalue weighted by Gasteiger charge is -2.30. The number of benzene rings is 1. The van der Waals surface area contributed by atoms with Crippen LogP contribution in [0.3, 0.4) is 0 Å². The van der Waals surface area contributed by atoms with Gasteiger partial charge in [0, 0.05) is 12.2 Å². The number of nitrogens with one attached hydrogen (secondary N) is 1. The van der Waals surface area contributed by atoms with Crippen molar-refractivity contribution in [3.05, 3.63) is 29.8 Å². The molecular weight excluding hydrogens is 224 g/mol. The third kappa shape index (κ3) is 2.72. The van der Waals surface area contributed by atoms with E-state index in [1.165, 1.54) is 6.42 Å². The molecule has 2 rings (SSSR count). The van der Waals surface area contributed by atoms with E-state index in [0.717, 1.165) is 37.2 Å². The molecule has 1 aromatic carbocycles. The number of amides is 1. The van der Waals surface area contributed by atoms with E-state index in [1.807, 2.05) is 30.0 Å². The van der Waals surface area contributed by atoms with Gasteiger partial charge in [-0.3, -0.25) is 4.79 Å². The number of hydrogen-bond donors (Lipinski definition) is 1. The fraction of sp³-hybridized carbons (Fsp3) is 0.533. The molecule has 3 nitrogen and oxygen atoms in total. The molecule has 0 unspecified atom stereocenters. The average Bonchev–Trinajstić information content (AvgIpc) is 2.42. The number of rotatable bonds is 3. The van der Waals surface area contributed by atoms with Gasteiger partial charge in [-0.2, -0.15) is 0 Å². The van der Waals surface area contributed by atoms with Crippen molar-refractivity contribution in [2.24, 2.45) is 0 Å². The Kier molecular flexibility index (Phi) is 4.37. The molecule has 1 amide bonds. The van der Waals surface area contributed by atoms with E-state index in [9.17, 15) is 4.79 Å². The minimum atomic E-state index is -0.00157. The van der Waals surface area contributed by atoms with E-state index >= 15 is 0 Å². The van der Waals surface area contributed by atoms with Gasteiger partial charge in [0.25, 0.3) is 0 Å². The van der Waals surface area contributed by atoms with E-state index in [1.54, 1.807) is 0 Å². The van der Waals surface area contributed by atoms with Crippen LogP contribution in [0.5, 0.6) is 0 Å². The van der Waals surface area contributed by atoms with E-state index in [4.69, 9.17) is 0 Å². The van der Waals surface area contributed by atoms with Gasteiger partial charge in [0.05, 0.1) is 6.04 Å². The molecule has 1 atom stereocenters. The van der Waals surface area contributed by atoms with E-state index in [2.05, 4.69) is 18.3 Å². The molecule has 1 aromatic rings. The highest BCUT2D eigenvalue weighted by Gasteiger charge is 2.26. The lowest BCUT2D eigenvalue weighted by atomic mass is 10.0. The van der Waals surface area contributed by atoms with Gasteiger partial charge in [-0.15, -0.1) is 0 Å². The molecule has 0 radical (unpaired) electrons. The molecule has 1 fully saturated rings. The monoisotopic (exact) mass is 246 g/mol.